The first-order chi connectivity index (χ1) is 12.1. The van der Waals surface area contributed by atoms with Gasteiger partial charge in [-0.3, -0.25) is 14.9 Å². The zero-order valence-electron chi connectivity index (χ0n) is 13.7. The molecule has 25 heavy (non-hydrogen) atoms. The number of halogens is 2. The van der Waals surface area contributed by atoms with Gasteiger partial charge in [0.15, 0.2) is 0 Å². The van der Waals surface area contributed by atoms with Crippen molar-refractivity contribution in [2.24, 2.45) is 0 Å². The van der Waals surface area contributed by atoms with E-state index in [1.54, 1.807) is 0 Å². The maximum atomic E-state index is 14.3. The summed E-state index contributed by atoms with van der Waals surface area (Å²) in [4.78, 5) is 16.4. The molecule has 134 valence electrons. The van der Waals surface area contributed by atoms with Crippen molar-refractivity contribution in [3.8, 4) is 0 Å². The number of amides is 1. The number of carbonyl (C=O) groups is 1. The van der Waals surface area contributed by atoms with Crippen LogP contribution in [0.3, 0.4) is 0 Å². The average Bonchev–Trinajstić information content (AvgIpc) is 2.97. The first-order valence-electron chi connectivity index (χ1n) is 8.12. The quantitative estimate of drug-likeness (QED) is 0.755. The van der Waals surface area contributed by atoms with E-state index in [1.165, 1.54) is 12.3 Å². The van der Waals surface area contributed by atoms with Crippen molar-refractivity contribution < 1.29 is 13.9 Å². The number of hydrogen-bond acceptors (Lipinski definition) is 5. The molecule has 0 aliphatic carbocycles. The maximum absolute atomic E-state index is 14.3. The van der Waals surface area contributed by atoms with Gasteiger partial charge in [-0.25, -0.2) is 4.39 Å². The van der Waals surface area contributed by atoms with Crippen LogP contribution in [0.4, 0.5) is 10.1 Å². The Labute approximate surface area is 149 Å². The summed E-state index contributed by atoms with van der Waals surface area (Å²) in [5.74, 6) is -1.03. The second-order valence-electron chi connectivity index (χ2n) is 5.72. The van der Waals surface area contributed by atoms with E-state index < -0.39 is 17.8 Å². The molecule has 1 amide bonds. The molecule has 3 rings (SSSR count). The van der Waals surface area contributed by atoms with Crippen molar-refractivity contribution >= 4 is 23.2 Å². The van der Waals surface area contributed by atoms with Gasteiger partial charge in [0.25, 0.3) is 5.91 Å². The minimum atomic E-state index is -0.533. The van der Waals surface area contributed by atoms with E-state index in [0.29, 0.717) is 25.3 Å². The Kier molecular flexibility index (Phi) is 5.62. The van der Waals surface area contributed by atoms with Crippen molar-refractivity contribution in [1.29, 1.82) is 0 Å². The number of carbonyl (C=O) groups excluding carboxylic acids is 1. The van der Waals surface area contributed by atoms with E-state index in [9.17, 15) is 9.18 Å². The number of nitrogens with zero attached hydrogens (tertiary/aromatic N) is 2. The van der Waals surface area contributed by atoms with Crippen LogP contribution in [-0.2, 0) is 11.2 Å². The molecular formula is C16H19ClFN5O2. The molecule has 9 heteroatoms. The molecule has 0 saturated carbocycles. The smallest absolute Gasteiger partial charge is 0.275 e. The molecule has 1 atom stereocenters. The molecule has 7 nitrogen and oxygen atoms in total. The number of nitrogens with one attached hydrogen (secondary N) is 3. The van der Waals surface area contributed by atoms with Crippen LogP contribution in [-0.4, -0.2) is 40.8 Å². The van der Waals surface area contributed by atoms with Gasteiger partial charge in [0.05, 0.1) is 29.2 Å². The normalized spacial score (nSPS) is 17.5. The van der Waals surface area contributed by atoms with Crippen molar-refractivity contribution in [2.45, 2.75) is 25.9 Å². The molecule has 2 aromatic heterocycles. The lowest BCUT2D eigenvalue weighted by molar-refractivity contribution is 0.0227. The van der Waals surface area contributed by atoms with Crippen molar-refractivity contribution in [3.63, 3.8) is 0 Å². The molecule has 0 radical (unpaired) electrons. The van der Waals surface area contributed by atoms with Crippen molar-refractivity contribution in [1.82, 2.24) is 20.5 Å². The summed E-state index contributed by atoms with van der Waals surface area (Å²) in [6.07, 6.45) is 2.49. The first-order valence-corrected chi connectivity index (χ1v) is 8.49. The highest BCUT2D eigenvalue weighted by Crippen LogP contribution is 2.23. The van der Waals surface area contributed by atoms with Gasteiger partial charge in [-0.1, -0.05) is 24.9 Å². The lowest BCUT2D eigenvalue weighted by Gasteiger charge is -2.23. The van der Waals surface area contributed by atoms with Crippen molar-refractivity contribution in [3.05, 3.63) is 40.2 Å². The molecular weight excluding hydrogens is 349 g/mol. The number of ether oxygens (including phenoxy) is 1. The molecule has 1 unspecified atom stereocenters. The number of aromatic amines is 1. The summed E-state index contributed by atoms with van der Waals surface area (Å²) >= 11 is 6.15. The standard InChI is InChI=1S/C16H19ClFN5O2/c1-2-3-11-13(17)15(23-22-11)16(24)21-9-6-10(18)14(20-7-9)12-8-19-4-5-25-12/h6-7,12,19H,2-5,8H2,1H3,(H,21,24)(H,22,23). The van der Waals surface area contributed by atoms with Gasteiger partial charge in [0, 0.05) is 19.2 Å². The van der Waals surface area contributed by atoms with Crippen LogP contribution < -0.4 is 10.6 Å². The molecule has 0 bridgehead atoms. The lowest BCUT2D eigenvalue weighted by Crippen LogP contribution is -2.34. The molecule has 0 spiro atoms. The Bertz CT molecular complexity index is 761. The third-order valence-electron chi connectivity index (χ3n) is 3.85. The average molecular weight is 368 g/mol. The fourth-order valence-electron chi connectivity index (χ4n) is 2.61. The molecule has 1 aliphatic heterocycles. The number of pyridine rings is 1. The van der Waals surface area contributed by atoms with Gasteiger partial charge in [0.2, 0.25) is 0 Å². The summed E-state index contributed by atoms with van der Waals surface area (Å²) in [5, 5.41) is 12.6. The predicted molar refractivity (Wildman–Crippen MR) is 91.3 cm³/mol. The summed E-state index contributed by atoms with van der Waals surface area (Å²) in [7, 11) is 0. The third-order valence-corrected chi connectivity index (χ3v) is 4.26. The number of hydrogen-bond donors (Lipinski definition) is 3. The van der Waals surface area contributed by atoms with Crippen LogP contribution >= 0.6 is 11.6 Å². The Hall–Kier alpha value is -2.03. The molecule has 1 aliphatic rings. The van der Waals surface area contributed by atoms with Gasteiger partial charge in [-0.05, 0) is 6.42 Å². The van der Waals surface area contributed by atoms with E-state index in [4.69, 9.17) is 16.3 Å². The number of aryl methyl sites for hydroxylation is 1. The van der Waals surface area contributed by atoms with Crippen LogP contribution in [0.1, 0.15) is 41.3 Å². The number of H-pyrrole nitrogens is 1. The molecule has 3 N–H and O–H groups in total. The predicted octanol–water partition coefficient (Wildman–Crippen LogP) is 2.46. The minimum Gasteiger partial charge on any atom is -0.369 e. The Morgan fingerprint density at radius 3 is 3.08 bits per heavy atom. The van der Waals surface area contributed by atoms with Gasteiger partial charge in [0.1, 0.15) is 23.3 Å². The summed E-state index contributed by atoms with van der Waals surface area (Å²) < 4.78 is 19.8. The molecule has 3 heterocycles. The van der Waals surface area contributed by atoms with E-state index in [0.717, 1.165) is 13.0 Å². The summed E-state index contributed by atoms with van der Waals surface area (Å²) in [6.45, 7) is 3.73. The Morgan fingerprint density at radius 2 is 2.40 bits per heavy atom. The van der Waals surface area contributed by atoms with Crippen LogP contribution in [0.5, 0.6) is 0 Å². The van der Waals surface area contributed by atoms with Gasteiger partial charge < -0.3 is 15.4 Å². The SMILES string of the molecule is CCCc1n[nH]c(C(=O)Nc2cnc(C3CNCCO3)c(F)c2)c1Cl. The fourth-order valence-corrected chi connectivity index (χ4v) is 2.87. The maximum Gasteiger partial charge on any atom is 0.275 e. The number of rotatable bonds is 5. The topological polar surface area (TPSA) is 91.9 Å². The number of aromatic nitrogens is 3. The lowest BCUT2D eigenvalue weighted by atomic mass is 10.2. The van der Waals surface area contributed by atoms with Gasteiger partial charge >= 0.3 is 0 Å². The number of anilines is 1. The highest BCUT2D eigenvalue weighted by atomic mass is 35.5. The number of morpholine rings is 1. The van der Waals surface area contributed by atoms with Crippen LogP contribution in [0.2, 0.25) is 5.02 Å². The zero-order valence-corrected chi connectivity index (χ0v) is 14.5. The molecule has 2 aromatic rings. The second-order valence-corrected chi connectivity index (χ2v) is 6.10. The van der Waals surface area contributed by atoms with E-state index in [-0.39, 0.29) is 22.1 Å². The fraction of sp³-hybridized carbons (Fsp3) is 0.438. The Morgan fingerprint density at radius 1 is 1.56 bits per heavy atom. The van der Waals surface area contributed by atoms with Gasteiger partial charge in [-0.15, -0.1) is 0 Å². The molecule has 0 aromatic carbocycles. The zero-order chi connectivity index (χ0) is 17.8. The van der Waals surface area contributed by atoms with E-state index >= 15 is 0 Å². The highest BCUT2D eigenvalue weighted by Gasteiger charge is 2.22. The summed E-state index contributed by atoms with van der Waals surface area (Å²) in [6, 6.07) is 1.22. The van der Waals surface area contributed by atoms with Crippen LogP contribution in [0, 0.1) is 5.82 Å². The van der Waals surface area contributed by atoms with Crippen LogP contribution in [0.15, 0.2) is 12.3 Å². The van der Waals surface area contributed by atoms with Gasteiger partial charge in [-0.2, -0.15) is 5.10 Å². The second kappa shape index (κ2) is 7.90. The Balaban J connectivity index is 1.72. The largest absolute Gasteiger partial charge is 0.369 e. The van der Waals surface area contributed by atoms with E-state index in [2.05, 4.69) is 25.8 Å². The third kappa shape index (κ3) is 3.97. The molecule has 1 saturated heterocycles. The minimum absolute atomic E-state index is 0.148. The molecule has 1 fully saturated rings. The highest BCUT2D eigenvalue weighted by molar-refractivity contribution is 6.34. The van der Waals surface area contributed by atoms with E-state index in [1.807, 2.05) is 6.92 Å². The van der Waals surface area contributed by atoms with Crippen LogP contribution in [0.25, 0.3) is 0 Å². The summed E-state index contributed by atoms with van der Waals surface area (Å²) in [5.41, 5.74) is 1.23. The first kappa shape index (κ1) is 17.8. The van der Waals surface area contributed by atoms with Crippen molar-refractivity contribution in [2.75, 3.05) is 25.0 Å². The monoisotopic (exact) mass is 367 g/mol.